The highest BCUT2D eigenvalue weighted by Crippen LogP contribution is 2.27. The van der Waals surface area contributed by atoms with E-state index in [2.05, 4.69) is 30.1 Å². The molecule has 1 N–H and O–H groups in total. The Morgan fingerprint density at radius 1 is 1.07 bits per heavy atom. The number of piperazine rings is 1. The van der Waals surface area contributed by atoms with Crippen molar-refractivity contribution in [1.82, 2.24) is 15.1 Å². The second kappa shape index (κ2) is 7.76. The predicted molar refractivity (Wildman–Crippen MR) is 116 cm³/mol. The summed E-state index contributed by atoms with van der Waals surface area (Å²) < 4.78 is 5.23. The molecule has 3 heterocycles. The maximum Gasteiger partial charge on any atom is 0.255 e. The van der Waals surface area contributed by atoms with Crippen molar-refractivity contribution in [2.24, 2.45) is 0 Å². The van der Waals surface area contributed by atoms with Gasteiger partial charge >= 0.3 is 0 Å². The lowest BCUT2D eigenvalue weighted by atomic mass is 10.0. The fourth-order valence-corrected chi connectivity index (χ4v) is 3.84. The summed E-state index contributed by atoms with van der Waals surface area (Å²) in [5, 5.41) is 3.53. The molecule has 3 aliphatic rings. The van der Waals surface area contributed by atoms with Crippen LogP contribution in [0.15, 0.2) is 78.3 Å². The van der Waals surface area contributed by atoms with Gasteiger partial charge in [0.1, 0.15) is 5.75 Å². The van der Waals surface area contributed by atoms with Crippen LogP contribution in [0.3, 0.4) is 0 Å². The van der Waals surface area contributed by atoms with Gasteiger partial charge in [0.25, 0.3) is 5.91 Å². The van der Waals surface area contributed by atoms with Gasteiger partial charge < -0.3 is 15.0 Å². The van der Waals surface area contributed by atoms with Crippen molar-refractivity contribution < 1.29 is 9.53 Å². The van der Waals surface area contributed by atoms with Crippen LogP contribution in [-0.2, 0) is 4.79 Å². The van der Waals surface area contributed by atoms with Crippen LogP contribution in [-0.4, -0.2) is 48.0 Å². The monoisotopic (exact) mass is 389 g/mol. The smallest absolute Gasteiger partial charge is 0.255 e. The van der Waals surface area contributed by atoms with Crippen LogP contribution in [0, 0.1) is 0 Å². The molecule has 0 unspecified atom stereocenters. The SMILES string of the molecule is COc1ccc(C2=C\C(=O)N3C=C(N4CCNC(C)(C)C4)C=C\C3=C/C=C/2)cc1. The fourth-order valence-electron chi connectivity index (χ4n) is 3.84. The quantitative estimate of drug-likeness (QED) is 0.860. The maximum absolute atomic E-state index is 13.1. The minimum atomic E-state index is -0.0531. The third-order valence-electron chi connectivity index (χ3n) is 5.38. The molecule has 3 aliphatic heterocycles. The summed E-state index contributed by atoms with van der Waals surface area (Å²) in [6.45, 7) is 7.16. The molecule has 1 amide bonds. The van der Waals surface area contributed by atoms with Gasteiger partial charge in [-0.3, -0.25) is 9.69 Å². The Morgan fingerprint density at radius 2 is 1.83 bits per heavy atom. The standard InChI is InChI=1S/C24H27N3O2/c1-24(2)17-26(14-13-25-24)21-10-9-20-6-4-5-19(15-23(28)27(20)16-21)18-7-11-22(29-3)12-8-18/h4-12,15-16,25H,13-14,17H2,1-3H3/b5-4+,19-15+,20-6+. The molecule has 1 aromatic carbocycles. The summed E-state index contributed by atoms with van der Waals surface area (Å²) in [6.07, 6.45) is 13.7. The van der Waals surface area contributed by atoms with E-state index in [1.165, 1.54) is 0 Å². The Hall–Kier alpha value is -3.05. The zero-order chi connectivity index (χ0) is 20.4. The Labute approximate surface area is 172 Å². The van der Waals surface area contributed by atoms with Gasteiger partial charge in [0.2, 0.25) is 0 Å². The Morgan fingerprint density at radius 3 is 2.55 bits per heavy atom. The lowest BCUT2D eigenvalue weighted by molar-refractivity contribution is -0.122. The van der Waals surface area contributed by atoms with E-state index in [0.717, 1.165) is 47.9 Å². The number of allylic oxidation sites excluding steroid dienone is 6. The van der Waals surface area contributed by atoms with Crippen LogP contribution < -0.4 is 10.1 Å². The fraction of sp³-hybridized carbons (Fsp3) is 0.292. The van der Waals surface area contributed by atoms with Crippen molar-refractivity contribution in [3.8, 4) is 5.75 Å². The molecule has 0 bridgehead atoms. The highest BCUT2D eigenvalue weighted by Gasteiger charge is 2.28. The number of hydrogen-bond acceptors (Lipinski definition) is 4. The third-order valence-corrected chi connectivity index (χ3v) is 5.38. The molecule has 1 saturated heterocycles. The van der Waals surface area contributed by atoms with Crippen LogP contribution >= 0.6 is 0 Å². The summed E-state index contributed by atoms with van der Waals surface area (Å²) in [4.78, 5) is 17.2. The summed E-state index contributed by atoms with van der Waals surface area (Å²) in [7, 11) is 1.65. The van der Waals surface area contributed by atoms with Gasteiger partial charge in [0.15, 0.2) is 0 Å². The normalized spacial score (nSPS) is 25.6. The number of nitrogens with one attached hydrogen (secondary N) is 1. The van der Waals surface area contributed by atoms with Gasteiger partial charge in [-0.1, -0.05) is 24.3 Å². The Bertz CT molecular complexity index is 949. The molecule has 0 radical (unpaired) electrons. The lowest BCUT2D eigenvalue weighted by Gasteiger charge is -2.42. The minimum absolute atomic E-state index is 0.0491. The lowest BCUT2D eigenvalue weighted by Crippen LogP contribution is -2.56. The van der Waals surface area contributed by atoms with E-state index in [-0.39, 0.29) is 11.4 Å². The van der Waals surface area contributed by atoms with Crippen LogP contribution in [0.1, 0.15) is 19.4 Å². The van der Waals surface area contributed by atoms with E-state index in [1.54, 1.807) is 18.1 Å². The molecule has 5 heteroatoms. The molecule has 0 atom stereocenters. The van der Waals surface area contributed by atoms with E-state index in [9.17, 15) is 4.79 Å². The zero-order valence-electron chi connectivity index (χ0n) is 17.2. The average molecular weight is 389 g/mol. The average Bonchev–Trinajstić information content (AvgIpc) is 2.71. The van der Waals surface area contributed by atoms with Crippen molar-refractivity contribution in [1.29, 1.82) is 0 Å². The van der Waals surface area contributed by atoms with Crippen molar-refractivity contribution in [3.63, 3.8) is 0 Å². The first kappa shape index (κ1) is 19.3. The maximum atomic E-state index is 13.1. The molecule has 1 fully saturated rings. The number of benzene rings is 1. The summed E-state index contributed by atoms with van der Waals surface area (Å²) in [5.74, 6) is 0.744. The number of carbonyl (C=O) groups excluding carboxylic acids is 1. The van der Waals surface area contributed by atoms with Crippen molar-refractivity contribution >= 4 is 11.5 Å². The van der Waals surface area contributed by atoms with E-state index in [1.807, 2.05) is 54.8 Å². The first-order valence-corrected chi connectivity index (χ1v) is 9.93. The summed E-state index contributed by atoms with van der Waals surface area (Å²) >= 11 is 0. The van der Waals surface area contributed by atoms with E-state index >= 15 is 0 Å². The Balaban J connectivity index is 1.62. The molecule has 150 valence electrons. The second-order valence-electron chi connectivity index (χ2n) is 8.11. The highest BCUT2D eigenvalue weighted by molar-refractivity contribution is 5.99. The van der Waals surface area contributed by atoms with E-state index < -0.39 is 0 Å². The highest BCUT2D eigenvalue weighted by atomic mass is 16.5. The number of hydrogen-bond donors (Lipinski definition) is 1. The minimum Gasteiger partial charge on any atom is -0.497 e. The van der Waals surface area contributed by atoms with E-state index in [4.69, 9.17) is 4.74 Å². The predicted octanol–water partition coefficient (Wildman–Crippen LogP) is 3.46. The molecular formula is C24H27N3O2. The van der Waals surface area contributed by atoms with Gasteiger partial charge in [0.05, 0.1) is 12.8 Å². The number of methoxy groups -OCH3 is 1. The number of carbonyl (C=O) groups is 1. The van der Waals surface area contributed by atoms with Gasteiger partial charge in [-0.2, -0.15) is 0 Å². The molecule has 5 nitrogen and oxygen atoms in total. The third kappa shape index (κ3) is 4.20. The van der Waals surface area contributed by atoms with Crippen molar-refractivity contribution in [2.45, 2.75) is 19.4 Å². The largest absolute Gasteiger partial charge is 0.497 e. The van der Waals surface area contributed by atoms with Gasteiger partial charge in [-0.15, -0.1) is 0 Å². The van der Waals surface area contributed by atoms with E-state index in [0.29, 0.717) is 0 Å². The Kier molecular flexibility index (Phi) is 5.16. The van der Waals surface area contributed by atoms with Crippen LogP contribution in [0.2, 0.25) is 0 Å². The van der Waals surface area contributed by atoms with Crippen molar-refractivity contribution in [2.75, 3.05) is 26.7 Å². The second-order valence-corrected chi connectivity index (χ2v) is 8.11. The van der Waals surface area contributed by atoms with Crippen LogP contribution in [0.4, 0.5) is 0 Å². The summed E-state index contributed by atoms with van der Waals surface area (Å²) in [5.41, 5.74) is 3.84. The molecule has 0 saturated carbocycles. The van der Waals surface area contributed by atoms with Crippen molar-refractivity contribution in [3.05, 3.63) is 83.9 Å². The molecule has 1 aromatic rings. The number of fused-ring (bicyclic) bond motifs is 1. The number of amides is 1. The zero-order valence-corrected chi connectivity index (χ0v) is 17.2. The topological polar surface area (TPSA) is 44.8 Å². The number of ether oxygens (including phenoxy) is 1. The molecule has 0 spiro atoms. The first-order chi connectivity index (χ1) is 13.9. The van der Waals surface area contributed by atoms with Gasteiger partial charge in [0, 0.05) is 43.1 Å². The summed E-state index contributed by atoms with van der Waals surface area (Å²) in [6, 6.07) is 7.74. The first-order valence-electron chi connectivity index (χ1n) is 9.93. The van der Waals surface area contributed by atoms with Crippen LogP contribution in [0.5, 0.6) is 5.75 Å². The van der Waals surface area contributed by atoms with Gasteiger partial charge in [-0.05, 0) is 55.3 Å². The molecule has 29 heavy (non-hydrogen) atoms. The van der Waals surface area contributed by atoms with Gasteiger partial charge in [-0.25, -0.2) is 0 Å². The van der Waals surface area contributed by atoms with Crippen LogP contribution in [0.25, 0.3) is 5.57 Å². The molecule has 0 aliphatic carbocycles. The molecule has 4 rings (SSSR count). The number of nitrogens with zero attached hydrogens (tertiary/aromatic N) is 2. The molecule has 0 aromatic heterocycles. The number of rotatable bonds is 3. The molecular weight excluding hydrogens is 362 g/mol.